The Balaban J connectivity index is 1.79. The smallest absolute Gasteiger partial charge is 0.410 e. The van der Waals surface area contributed by atoms with Crippen LogP contribution in [0.1, 0.15) is 51.1 Å². The maximum atomic E-state index is 12.7. The highest BCUT2D eigenvalue weighted by atomic mass is 32.1. The van der Waals surface area contributed by atoms with Crippen molar-refractivity contribution in [2.75, 3.05) is 25.5 Å². The van der Waals surface area contributed by atoms with Crippen LogP contribution in [0.5, 0.6) is 0 Å². The number of rotatable bonds is 3. The minimum Gasteiger partial charge on any atom is -0.444 e. The number of likely N-dealkylation sites (tertiary alicyclic amines) is 1. The van der Waals surface area contributed by atoms with Gasteiger partial charge in [-0.3, -0.25) is 4.90 Å². The van der Waals surface area contributed by atoms with Gasteiger partial charge in [-0.05, 0) is 52.2 Å². The van der Waals surface area contributed by atoms with Gasteiger partial charge in [-0.2, -0.15) is 0 Å². The van der Waals surface area contributed by atoms with E-state index in [-0.39, 0.29) is 12.1 Å². The number of thiazole rings is 1. The monoisotopic (exact) mass is 387 g/mol. The van der Waals surface area contributed by atoms with Crippen LogP contribution < -0.4 is 4.90 Å². The molecule has 1 fully saturated rings. The second-order valence-electron chi connectivity index (χ2n) is 8.20. The summed E-state index contributed by atoms with van der Waals surface area (Å²) >= 11 is 1.63. The molecule has 1 amide bonds. The molecule has 1 saturated heterocycles. The number of piperidine rings is 1. The number of ether oxygens (including phenoxy) is 1. The first-order valence-corrected chi connectivity index (χ1v) is 10.4. The van der Waals surface area contributed by atoms with Crippen LogP contribution in [0.25, 0.3) is 11.3 Å². The van der Waals surface area contributed by atoms with Gasteiger partial charge in [0.15, 0.2) is 0 Å². The Morgan fingerprint density at radius 2 is 1.93 bits per heavy atom. The van der Waals surface area contributed by atoms with Crippen molar-refractivity contribution >= 4 is 23.1 Å². The van der Waals surface area contributed by atoms with Gasteiger partial charge in [0.1, 0.15) is 10.6 Å². The third-order valence-corrected chi connectivity index (χ3v) is 5.56. The van der Waals surface area contributed by atoms with E-state index in [0.717, 1.165) is 47.8 Å². The summed E-state index contributed by atoms with van der Waals surface area (Å²) < 4.78 is 5.62. The quantitative estimate of drug-likeness (QED) is 0.713. The van der Waals surface area contributed by atoms with Gasteiger partial charge in [-0.1, -0.05) is 12.1 Å². The molecule has 2 aromatic rings. The van der Waals surface area contributed by atoms with Crippen molar-refractivity contribution in [1.29, 1.82) is 0 Å². The van der Waals surface area contributed by atoms with Crippen LogP contribution in [0.3, 0.4) is 0 Å². The summed E-state index contributed by atoms with van der Waals surface area (Å²) in [5.74, 6) is 0. The van der Waals surface area contributed by atoms with Gasteiger partial charge in [-0.25, -0.2) is 9.78 Å². The lowest BCUT2D eigenvalue weighted by Gasteiger charge is -2.35. The van der Waals surface area contributed by atoms with E-state index in [4.69, 9.17) is 9.72 Å². The van der Waals surface area contributed by atoms with Crippen molar-refractivity contribution < 1.29 is 9.53 Å². The fraction of sp³-hybridized carbons (Fsp3) is 0.524. The van der Waals surface area contributed by atoms with E-state index in [1.165, 1.54) is 0 Å². The van der Waals surface area contributed by atoms with Crippen molar-refractivity contribution in [2.45, 2.75) is 51.7 Å². The molecular formula is C21H29N3O2S. The Bertz CT molecular complexity index is 777. The Labute approximate surface area is 166 Å². The first kappa shape index (κ1) is 19.7. The molecule has 1 unspecified atom stereocenters. The predicted molar refractivity (Wildman–Crippen MR) is 111 cm³/mol. The maximum absolute atomic E-state index is 12.7. The zero-order valence-electron chi connectivity index (χ0n) is 16.9. The van der Waals surface area contributed by atoms with E-state index in [1.807, 2.05) is 39.8 Å². The minimum atomic E-state index is -0.485. The molecule has 0 aliphatic carbocycles. The van der Waals surface area contributed by atoms with Gasteiger partial charge >= 0.3 is 6.09 Å². The molecule has 0 bridgehead atoms. The average Bonchev–Trinajstić information content (AvgIpc) is 3.10. The van der Waals surface area contributed by atoms with Crippen LogP contribution in [0.15, 0.2) is 29.6 Å². The minimum absolute atomic E-state index is 0.00778. The van der Waals surface area contributed by atoms with Crippen molar-refractivity contribution in [3.05, 3.63) is 34.7 Å². The second kappa shape index (κ2) is 7.89. The Hall–Kier alpha value is -2.08. The Kier molecular flexibility index (Phi) is 5.75. The van der Waals surface area contributed by atoms with Crippen LogP contribution in [0, 0.1) is 0 Å². The Morgan fingerprint density at radius 1 is 1.22 bits per heavy atom. The van der Waals surface area contributed by atoms with E-state index in [2.05, 4.69) is 34.5 Å². The standard InChI is InChI=1S/C21H29N3O2S/c1-21(2,3)26-20(25)24-13-7-6-8-18(24)19-22-17(14-27-19)15-9-11-16(12-10-15)23(4)5/h9-12,14,18H,6-8,13H2,1-5H3. The van der Waals surface area contributed by atoms with Gasteiger partial charge in [0.25, 0.3) is 0 Å². The highest BCUT2D eigenvalue weighted by molar-refractivity contribution is 7.10. The number of carbonyl (C=O) groups is 1. The second-order valence-corrected chi connectivity index (χ2v) is 9.09. The van der Waals surface area contributed by atoms with E-state index in [0.29, 0.717) is 0 Å². The average molecular weight is 388 g/mol. The van der Waals surface area contributed by atoms with Gasteiger partial charge in [-0.15, -0.1) is 11.3 Å². The number of nitrogens with zero attached hydrogens (tertiary/aromatic N) is 3. The molecule has 2 heterocycles. The summed E-state index contributed by atoms with van der Waals surface area (Å²) in [6, 6.07) is 8.40. The van der Waals surface area contributed by atoms with Crippen LogP contribution in [-0.4, -0.2) is 42.2 Å². The molecule has 1 aliphatic rings. The summed E-state index contributed by atoms with van der Waals surface area (Å²) in [5.41, 5.74) is 2.75. The number of aromatic nitrogens is 1. The molecule has 5 nitrogen and oxygen atoms in total. The highest BCUT2D eigenvalue weighted by Crippen LogP contribution is 2.35. The largest absolute Gasteiger partial charge is 0.444 e. The maximum Gasteiger partial charge on any atom is 0.410 e. The molecule has 1 aromatic carbocycles. The summed E-state index contributed by atoms with van der Waals surface area (Å²) in [7, 11) is 4.06. The first-order valence-electron chi connectivity index (χ1n) is 9.47. The van der Waals surface area contributed by atoms with Gasteiger partial charge in [0.05, 0.1) is 11.7 Å². The molecule has 0 saturated carbocycles. The van der Waals surface area contributed by atoms with E-state index in [1.54, 1.807) is 11.3 Å². The molecular weight excluding hydrogens is 358 g/mol. The first-order chi connectivity index (χ1) is 12.7. The molecule has 1 atom stereocenters. The lowest BCUT2D eigenvalue weighted by Crippen LogP contribution is -2.41. The molecule has 1 aromatic heterocycles. The van der Waals surface area contributed by atoms with Crippen LogP contribution in [0.4, 0.5) is 10.5 Å². The third kappa shape index (κ3) is 4.80. The molecule has 27 heavy (non-hydrogen) atoms. The summed E-state index contributed by atoms with van der Waals surface area (Å²) in [6.07, 6.45) is 2.82. The highest BCUT2D eigenvalue weighted by Gasteiger charge is 2.33. The molecule has 6 heteroatoms. The van der Waals surface area contributed by atoms with Gasteiger partial charge < -0.3 is 9.64 Å². The number of benzene rings is 1. The number of amides is 1. The predicted octanol–water partition coefficient (Wildman–Crippen LogP) is 5.34. The fourth-order valence-electron chi connectivity index (χ4n) is 3.23. The molecule has 1 aliphatic heterocycles. The number of hydrogen-bond acceptors (Lipinski definition) is 5. The fourth-order valence-corrected chi connectivity index (χ4v) is 4.21. The number of hydrogen-bond donors (Lipinski definition) is 0. The summed E-state index contributed by atoms with van der Waals surface area (Å²) in [6.45, 7) is 6.44. The molecule has 0 N–H and O–H groups in total. The lowest BCUT2D eigenvalue weighted by molar-refractivity contribution is 0.00949. The van der Waals surface area contributed by atoms with Crippen LogP contribution in [0.2, 0.25) is 0 Å². The summed E-state index contributed by atoms with van der Waals surface area (Å²) in [4.78, 5) is 21.4. The molecule has 146 valence electrons. The Morgan fingerprint density at radius 3 is 2.56 bits per heavy atom. The topological polar surface area (TPSA) is 45.7 Å². The van der Waals surface area contributed by atoms with E-state index in [9.17, 15) is 4.79 Å². The van der Waals surface area contributed by atoms with Crippen LogP contribution in [-0.2, 0) is 4.74 Å². The number of anilines is 1. The van der Waals surface area contributed by atoms with Crippen molar-refractivity contribution in [3.63, 3.8) is 0 Å². The van der Waals surface area contributed by atoms with Crippen molar-refractivity contribution in [3.8, 4) is 11.3 Å². The lowest BCUT2D eigenvalue weighted by atomic mass is 10.0. The van der Waals surface area contributed by atoms with Gasteiger partial charge in [0, 0.05) is 37.3 Å². The van der Waals surface area contributed by atoms with Crippen LogP contribution >= 0.6 is 11.3 Å². The zero-order valence-corrected chi connectivity index (χ0v) is 17.7. The summed E-state index contributed by atoms with van der Waals surface area (Å²) in [5, 5.41) is 3.08. The van der Waals surface area contributed by atoms with Crippen molar-refractivity contribution in [2.24, 2.45) is 0 Å². The third-order valence-electron chi connectivity index (χ3n) is 4.62. The van der Waals surface area contributed by atoms with E-state index < -0.39 is 5.60 Å². The van der Waals surface area contributed by atoms with Crippen molar-refractivity contribution in [1.82, 2.24) is 9.88 Å². The van der Waals surface area contributed by atoms with Gasteiger partial charge in [0.2, 0.25) is 0 Å². The zero-order chi connectivity index (χ0) is 19.6. The normalized spacial score (nSPS) is 17.7. The SMILES string of the molecule is CN(C)c1ccc(-c2csc(C3CCCCN3C(=O)OC(C)(C)C)n2)cc1. The molecule has 3 rings (SSSR count). The molecule has 0 radical (unpaired) electrons. The van der Waals surface area contributed by atoms with E-state index >= 15 is 0 Å². The molecule has 0 spiro atoms. The number of carbonyl (C=O) groups excluding carboxylic acids is 1.